The highest BCUT2D eigenvalue weighted by molar-refractivity contribution is 7.16. The van der Waals surface area contributed by atoms with E-state index in [4.69, 9.17) is 27.9 Å². The quantitative estimate of drug-likeness (QED) is 0.328. The fourth-order valence-corrected chi connectivity index (χ4v) is 4.32. The molecule has 2 N–H and O–H groups in total. The van der Waals surface area contributed by atoms with Crippen molar-refractivity contribution in [3.05, 3.63) is 79.8 Å². The number of amides is 2. The van der Waals surface area contributed by atoms with E-state index in [1.54, 1.807) is 13.0 Å². The van der Waals surface area contributed by atoms with Gasteiger partial charge in [-0.25, -0.2) is 14.0 Å². The van der Waals surface area contributed by atoms with Crippen LogP contribution in [0.15, 0.2) is 52.6 Å². The minimum atomic E-state index is -0.743. The van der Waals surface area contributed by atoms with Gasteiger partial charge in [-0.1, -0.05) is 23.2 Å². The zero-order valence-corrected chi connectivity index (χ0v) is 19.7. The maximum Gasteiger partial charge on any atom is 0.359 e. The molecule has 12 heteroatoms. The van der Waals surface area contributed by atoms with E-state index in [9.17, 15) is 18.8 Å². The summed E-state index contributed by atoms with van der Waals surface area (Å²) in [6.07, 6.45) is 0. The van der Waals surface area contributed by atoms with E-state index in [1.165, 1.54) is 29.6 Å². The van der Waals surface area contributed by atoms with Crippen LogP contribution in [-0.4, -0.2) is 28.4 Å². The second-order valence-electron chi connectivity index (χ2n) is 6.82. The molecular weight excluding hydrogens is 506 g/mol. The molecular formula is C22H15Cl2FN4O4S. The molecule has 0 saturated heterocycles. The SMILES string of the molecule is CCOC(=O)c1nn(-c2ccc(F)cc2)c(=O)c2c(NC(=O)Nc3ccc(Cl)c(Cl)c3)scc12. The minimum Gasteiger partial charge on any atom is -0.461 e. The highest BCUT2D eigenvalue weighted by Crippen LogP contribution is 2.31. The number of nitrogens with one attached hydrogen (secondary N) is 2. The average molecular weight is 521 g/mol. The summed E-state index contributed by atoms with van der Waals surface area (Å²) in [5.74, 6) is -1.24. The Kier molecular flexibility index (Phi) is 6.82. The lowest BCUT2D eigenvalue weighted by Crippen LogP contribution is -2.26. The van der Waals surface area contributed by atoms with Crippen LogP contribution in [0.25, 0.3) is 16.5 Å². The van der Waals surface area contributed by atoms with Gasteiger partial charge in [-0.15, -0.1) is 11.3 Å². The molecule has 0 aliphatic rings. The third-order valence-electron chi connectivity index (χ3n) is 4.60. The van der Waals surface area contributed by atoms with Crippen LogP contribution in [0.3, 0.4) is 0 Å². The van der Waals surface area contributed by atoms with Crippen LogP contribution in [0.4, 0.5) is 19.9 Å². The summed E-state index contributed by atoms with van der Waals surface area (Å²) in [5.41, 5.74) is -0.114. The average Bonchev–Trinajstić information content (AvgIpc) is 3.21. The number of hydrogen-bond acceptors (Lipinski definition) is 6. The van der Waals surface area contributed by atoms with Gasteiger partial charge in [0.15, 0.2) is 5.69 Å². The Labute approximate surface area is 205 Å². The maximum absolute atomic E-state index is 13.4. The Morgan fingerprint density at radius 3 is 2.53 bits per heavy atom. The number of aromatic nitrogens is 2. The smallest absolute Gasteiger partial charge is 0.359 e. The molecule has 0 bridgehead atoms. The van der Waals surface area contributed by atoms with Gasteiger partial charge in [0, 0.05) is 16.5 Å². The van der Waals surface area contributed by atoms with Crippen LogP contribution >= 0.6 is 34.5 Å². The van der Waals surface area contributed by atoms with Crippen LogP contribution in [0.2, 0.25) is 10.0 Å². The van der Waals surface area contributed by atoms with Crippen molar-refractivity contribution >= 4 is 68.0 Å². The number of nitrogens with zero attached hydrogens (tertiary/aromatic N) is 2. The molecule has 2 amide bonds. The Balaban J connectivity index is 1.77. The number of rotatable bonds is 5. The van der Waals surface area contributed by atoms with Crippen molar-refractivity contribution < 1.29 is 18.7 Å². The molecule has 0 aliphatic heterocycles. The summed E-state index contributed by atoms with van der Waals surface area (Å²) in [5, 5.41) is 11.9. The maximum atomic E-state index is 13.4. The monoisotopic (exact) mass is 520 g/mol. The third-order valence-corrected chi connectivity index (χ3v) is 6.23. The first-order valence-corrected chi connectivity index (χ1v) is 11.4. The highest BCUT2D eigenvalue weighted by Gasteiger charge is 2.23. The number of carbonyl (C=O) groups excluding carboxylic acids is 2. The largest absolute Gasteiger partial charge is 0.461 e. The molecule has 2 aromatic heterocycles. The van der Waals surface area contributed by atoms with Gasteiger partial charge in [-0.05, 0) is 49.4 Å². The van der Waals surface area contributed by atoms with E-state index in [0.717, 1.165) is 28.2 Å². The Morgan fingerprint density at radius 1 is 1.12 bits per heavy atom. The second-order valence-corrected chi connectivity index (χ2v) is 8.52. The van der Waals surface area contributed by atoms with Gasteiger partial charge in [0.1, 0.15) is 10.8 Å². The molecule has 174 valence electrons. The minimum absolute atomic E-state index is 0.0525. The molecule has 0 radical (unpaired) electrons. The lowest BCUT2D eigenvalue weighted by Gasteiger charge is -2.10. The second kappa shape index (κ2) is 9.80. The predicted molar refractivity (Wildman–Crippen MR) is 130 cm³/mol. The number of anilines is 2. The summed E-state index contributed by atoms with van der Waals surface area (Å²) in [7, 11) is 0. The van der Waals surface area contributed by atoms with Crippen LogP contribution in [0, 0.1) is 5.82 Å². The molecule has 4 rings (SSSR count). The van der Waals surface area contributed by atoms with Gasteiger partial charge in [-0.3, -0.25) is 10.1 Å². The van der Waals surface area contributed by atoms with Gasteiger partial charge < -0.3 is 10.1 Å². The van der Waals surface area contributed by atoms with E-state index in [-0.39, 0.29) is 38.8 Å². The summed E-state index contributed by atoms with van der Waals surface area (Å²) < 4.78 is 19.4. The molecule has 34 heavy (non-hydrogen) atoms. The van der Waals surface area contributed by atoms with Crippen molar-refractivity contribution in [2.75, 3.05) is 17.2 Å². The first-order valence-electron chi connectivity index (χ1n) is 9.79. The van der Waals surface area contributed by atoms with Crippen molar-refractivity contribution in [1.29, 1.82) is 0 Å². The van der Waals surface area contributed by atoms with Crippen LogP contribution in [0.5, 0.6) is 0 Å². The molecule has 4 aromatic rings. The molecule has 0 atom stereocenters. The lowest BCUT2D eigenvalue weighted by atomic mass is 10.2. The zero-order valence-electron chi connectivity index (χ0n) is 17.4. The molecule has 2 aromatic carbocycles. The fraction of sp³-hybridized carbons (Fsp3) is 0.0909. The van der Waals surface area contributed by atoms with Gasteiger partial charge in [0.25, 0.3) is 5.56 Å². The number of thiophene rings is 1. The van der Waals surface area contributed by atoms with Crippen molar-refractivity contribution in [3.63, 3.8) is 0 Å². The number of urea groups is 1. The molecule has 0 aliphatic carbocycles. The van der Waals surface area contributed by atoms with E-state index >= 15 is 0 Å². The number of carbonyl (C=O) groups is 2. The lowest BCUT2D eigenvalue weighted by molar-refractivity contribution is 0.0520. The number of halogens is 3. The summed E-state index contributed by atoms with van der Waals surface area (Å²) in [6, 6.07) is 8.93. The number of hydrogen-bond donors (Lipinski definition) is 2. The predicted octanol–water partition coefficient (Wildman–Crippen LogP) is 5.71. The Bertz CT molecular complexity index is 1470. The molecule has 0 saturated carbocycles. The zero-order chi connectivity index (χ0) is 24.4. The van der Waals surface area contributed by atoms with Gasteiger partial charge in [0.2, 0.25) is 0 Å². The Hall–Kier alpha value is -3.47. The van der Waals surface area contributed by atoms with Crippen LogP contribution in [0.1, 0.15) is 17.4 Å². The summed E-state index contributed by atoms with van der Waals surface area (Å²) in [4.78, 5) is 38.5. The van der Waals surface area contributed by atoms with Crippen LogP contribution < -0.4 is 16.2 Å². The number of esters is 1. The van der Waals surface area contributed by atoms with Gasteiger partial charge >= 0.3 is 12.0 Å². The Morgan fingerprint density at radius 2 is 1.85 bits per heavy atom. The molecule has 2 heterocycles. The van der Waals surface area contributed by atoms with Crippen molar-refractivity contribution in [1.82, 2.24) is 9.78 Å². The molecule has 0 unspecified atom stereocenters. The molecule has 0 spiro atoms. The van der Waals surface area contributed by atoms with E-state index in [1.807, 2.05) is 0 Å². The van der Waals surface area contributed by atoms with E-state index in [2.05, 4.69) is 15.7 Å². The highest BCUT2D eigenvalue weighted by atomic mass is 35.5. The summed E-state index contributed by atoms with van der Waals surface area (Å²) >= 11 is 12.9. The number of ether oxygens (including phenoxy) is 1. The van der Waals surface area contributed by atoms with Crippen molar-refractivity contribution in [2.45, 2.75) is 6.92 Å². The number of benzene rings is 2. The topological polar surface area (TPSA) is 102 Å². The molecule has 8 nitrogen and oxygen atoms in total. The third kappa shape index (κ3) is 4.74. The van der Waals surface area contributed by atoms with Gasteiger partial charge in [-0.2, -0.15) is 9.78 Å². The fourth-order valence-electron chi connectivity index (χ4n) is 3.09. The van der Waals surface area contributed by atoms with Crippen molar-refractivity contribution in [2.24, 2.45) is 0 Å². The van der Waals surface area contributed by atoms with Gasteiger partial charge in [0.05, 0.1) is 27.7 Å². The van der Waals surface area contributed by atoms with E-state index < -0.39 is 23.4 Å². The van der Waals surface area contributed by atoms with Crippen molar-refractivity contribution in [3.8, 4) is 5.69 Å². The molecule has 0 fully saturated rings. The number of fused-ring (bicyclic) bond motifs is 1. The normalized spacial score (nSPS) is 10.8. The first kappa shape index (κ1) is 23.7. The summed E-state index contributed by atoms with van der Waals surface area (Å²) in [6.45, 7) is 1.73. The first-order chi connectivity index (χ1) is 16.3. The van der Waals surface area contributed by atoms with E-state index in [0.29, 0.717) is 10.7 Å². The van der Waals surface area contributed by atoms with Crippen LogP contribution in [-0.2, 0) is 4.74 Å². The standard InChI is InChI=1S/C22H15Cl2FN4O4S/c1-2-33-21(31)18-14-10-34-19(27-22(32)26-12-5-8-15(23)16(24)9-12)17(14)20(30)29(28-18)13-6-3-11(25)4-7-13/h3-10H,2H2,1H3,(H2,26,27,32).